The summed E-state index contributed by atoms with van der Waals surface area (Å²) in [5.41, 5.74) is 4.47. The van der Waals surface area contributed by atoms with Gasteiger partial charge in [0.2, 0.25) is 6.54 Å². The predicted molar refractivity (Wildman–Crippen MR) is 104 cm³/mol. The molecule has 3 aromatic rings. The summed E-state index contributed by atoms with van der Waals surface area (Å²) in [6.45, 7) is -0.0778. The number of hydrogen-bond acceptors (Lipinski definition) is 2. The lowest BCUT2D eigenvalue weighted by molar-refractivity contribution is -0.481. The summed E-state index contributed by atoms with van der Waals surface area (Å²) >= 11 is 0. The van der Waals surface area contributed by atoms with Crippen LogP contribution in [0.2, 0.25) is 0 Å². The van der Waals surface area contributed by atoms with Crippen molar-refractivity contribution < 1.29 is 4.92 Å². The van der Waals surface area contributed by atoms with E-state index in [-0.39, 0.29) is 17.4 Å². The zero-order chi connectivity index (χ0) is 17.9. The maximum absolute atomic E-state index is 11.5. The second-order valence-electron chi connectivity index (χ2n) is 7.31. The molecule has 2 aromatic carbocycles. The molecule has 26 heavy (non-hydrogen) atoms. The molecule has 134 valence electrons. The minimum absolute atomic E-state index is 0.0778. The van der Waals surface area contributed by atoms with E-state index in [1.807, 2.05) is 42.5 Å². The average molecular weight is 348 g/mol. The van der Waals surface area contributed by atoms with Crippen molar-refractivity contribution in [3.8, 4) is 0 Å². The molecular weight excluding hydrogens is 324 g/mol. The summed E-state index contributed by atoms with van der Waals surface area (Å²) < 4.78 is 0. The quantitative estimate of drug-likeness (QED) is 0.480. The van der Waals surface area contributed by atoms with Crippen LogP contribution in [-0.4, -0.2) is 16.5 Å². The fourth-order valence-corrected chi connectivity index (χ4v) is 4.47. The summed E-state index contributed by atoms with van der Waals surface area (Å²) in [4.78, 5) is 15.0. The average Bonchev–Trinajstić information content (AvgIpc) is 3.07. The number of nitro groups is 1. The summed E-state index contributed by atoms with van der Waals surface area (Å²) in [5, 5.41) is 12.6. The molecular formula is C22H24N2O2. The van der Waals surface area contributed by atoms with Crippen LogP contribution in [0.15, 0.2) is 54.6 Å². The lowest BCUT2D eigenvalue weighted by Crippen LogP contribution is -2.17. The molecule has 4 rings (SSSR count). The summed E-state index contributed by atoms with van der Waals surface area (Å²) in [7, 11) is 0. The smallest absolute Gasteiger partial charge is 0.214 e. The Morgan fingerprint density at radius 1 is 1.00 bits per heavy atom. The zero-order valence-electron chi connectivity index (χ0n) is 14.9. The van der Waals surface area contributed by atoms with E-state index in [9.17, 15) is 10.1 Å². The Morgan fingerprint density at radius 2 is 1.69 bits per heavy atom. The number of H-pyrrole nitrogens is 1. The van der Waals surface area contributed by atoms with E-state index in [0.29, 0.717) is 5.92 Å². The van der Waals surface area contributed by atoms with Crippen molar-refractivity contribution in [3.63, 3.8) is 0 Å². The van der Waals surface area contributed by atoms with Crippen LogP contribution < -0.4 is 0 Å². The van der Waals surface area contributed by atoms with Crippen molar-refractivity contribution in [3.05, 3.63) is 81.5 Å². The fourth-order valence-electron chi connectivity index (χ4n) is 4.47. The number of nitrogens with zero attached hydrogens (tertiary/aromatic N) is 1. The minimum atomic E-state index is -0.223. The molecule has 0 amide bonds. The molecule has 0 saturated heterocycles. The van der Waals surface area contributed by atoms with E-state index in [1.165, 1.54) is 37.8 Å². The van der Waals surface area contributed by atoms with E-state index < -0.39 is 0 Å². The predicted octanol–water partition coefficient (Wildman–Crippen LogP) is 5.62. The van der Waals surface area contributed by atoms with Crippen LogP contribution in [0.4, 0.5) is 0 Å². The van der Waals surface area contributed by atoms with Crippen molar-refractivity contribution >= 4 is 10.9 Å². The number of hydrogen-bond donors (Lipinski definition) is 1. The number of rotatable bonds is 5. The number of nitrogens with one attached hydrogen (secondary N) is 1. The molecule has 1 N–H and O–H groups in total. The Bertz CT molecular complexity index is 895. The molecule has 1 aromatic heterocycles. The molecule has 0 spiro atoms. The molecule has 1 heterocycles. The van der Waals surface area contributed by atoms with Crippen LogP contribution in [-0.2, 0) is 0 Å². The van der Waals surface area contributed by atoms with E-state index in [2.05, 4.69) is 17.1 Å². The number of para-hydroxylation sites is 1. The highest BCUT2D eigenvalue weighted by molar-refractivity contribution is 5.86. The highest BCUT2D eigenvalue weighted by atomic mass is 16.6. The standard InChI is InChI=1S/C22H24N2O2/c25-24(26)15-19(16-9-3-1-4-10-16)21-18-13-7-8-14-20(18)23-22(21)17-11-5-2-6-12-17/h1,3-4,7-10,13-14,17,19,23H,2,5-6,11-12,15H2. The first-order chi connectivity index (χ1) is 12.7. The molecule has 4 heteroatoms. The van der Waals surface area contributed by atoms with Gasteiger partial charge in [0.25, 0.3) is 0 Å². The third kappa shape index (κ3) is 3.24. The first kappa shape index (κ1) is 16.8. The first-order valence-electron chi connectivity index (χ1n) is 9.51. The van der Waals surface area contributed by atoms with Gasteiger partial charge in [-0.1, -0.05) is 67.8 Å². The van der Waals surface area contributed by atoms with Crippen molar-refractivity contribution in [2.24, 2.45) is 0 Å². The van der Waals surface area contributed by atoms with E-state index in [4.69, 9.17) is 0 Å². The van der Waals surface area contributed by atoms with Gasteiger partial charge in [-0.25, -0.2) is 0 Å². The zero-order valence-corrected chi connectivity index (χ0v) is 14.9. The Labute approximate surface area is 153 Å². The molecule has 4 nitrogen and oxygen atoms in total. The molecule has 1 fully saturated rings. The largest absolute Gasteiger partial charge is 0.358 e. The normalized spacial score (nSPS) is 16.6. The van der Waals surface area contributed by atoms with Crippen LogP contribution in [0.25, 0.3) is 10.9 Å². The van der Waals surface area contributed by atoms with Gasteiger partial charge in [0, 0.05) is 21.5 Å². The highest BCUT2D eigenvalue weighted by Crippen LogP contribution is 2.41. The van der Waals surface area contributed by atoms with Crippen LogP contribution >= 0.6 is 0 Å². The van der Waals surface area contributed by atoms with Crippen molar-refractivity contribution in [2.45, 2.75) is 43.9 Å². The molecule has 1 saturated carbocycles. The van der Waals surface area contributed by atoms with Crippen molar-refractivity contribution in [2.75, 3.05) is 6.54 Å². The summed E-state index contributed by atoms with van der Waals surface area (Å²) in [6, 6.07) is 18.2. The second kappa shape index (κ2) is 7.32. The SMILES string of the molecule is O=[N+]([O-])CC(c1ccccc1)c1c(C2CCCCC2)[nH]c2ccccc12. The molecule has 0 aliphatic heterocycles. The molecule has 1 aliphatic rings. The van der Waals surface area contributed by atoms with Crippen molar-refractivity contribution in [1.29, 1.82) is 0 Å². The minimum Gasteiger partial charge on any atom is -0.358 e. The second-order valence-corrected chi connectivity index (χ2v) is 7.31. The van der Waals surface area contributed by atoms with Gasteiger partial charge in [-0.3, -0.25) is 10.1 Å². The van der Waals surface area contributed by atoms with Gasteiger partial charge in [0.1, 0.15) is 0 Å². The lowest BCUT2D eigenvalue weighted by Gasteiger charge is -2.24. The van der Waals surface area contributed by atoms with Gasteiger partial charge in [0.05, 0.1) is 5.92 Å². The maximum Gasteiger partial charge on any atom is 0.214 e. The van der Waals surface area contributed by atoms with Crippen LogP contribution in [0, 0.1) is 10.1 Å². The molecule has 1 unspecified atom stereocenters. The Balaban J connectivity index is 1.89. The third-order valence-corrected chi connectivity index (χ3v) is 5.67. The van der Waals surface area contributed by atoms with Crippen LogP contribution in [0.5, 0.6) is 0 Å². The van der Waals surface area contributed by atoms with Crippen LogP contribution in [0.1, 0.15) is 60.8 Å². The number of benzene rings is 2. The van der Waals surface area contributed by atoms with Gasteiger partial charge in [0.15, 0.2) is 0 Å². The summed E-state index contributed by atoms with van der Waals surface area (Å²) in [5.74, 6) is 0.253. The highest BCUT2D eigenvalue weighted by Gasteiger charge is 2.30. The van der Waals surface area contributed by atoms with Crippen molar-refractivity contribution in [1.82, 2.24) is 4.98 Å². The first-order valence-corrected chi connectivity index (χ1v) is 9.51. The van der Waals surface area contributed by atoms with Crippen LogP contribution in [0.3, 0.4) is 0 Å². The van der Waals surface area contributed by atoms with Gasteiger partial charge in [-0.15, -0.1) is 0 Å². The van der Waals surface area contributed by atoms with E-state index in [0.717, 1.165) is 22.0 Å². The fraction of sp³-hybridized carbons (Fsp3) is 0.364. The van der Waals surface area contributed by atoms with Gasteiger partial charge >= 0.3 is 0 Å². The summed E-state index contributed by atoms with van der Waals surface area (Å²) in [6.07, 6.45) is 6.11. The van der Waals surface area contributed by atoms with E-state index in [1.54, 1.807) is 0 Å². The van der Waals surface area contributed by atoms with E-state index >= 15 is 0 Å². The Kier molecular flexibility index (Phi) is 4.74. The Hall–Kier alpha value is -2.62. The van der Waals surface area contributed by atoms with Gasteiger partial charge in [-0.05, 0) is 36.0 Å². The molecule has 1 atom stereocenters. The molecule has 1 aliphatic carbocycles. The van der Waals surface area contributed by atoms with Gasteiger partial charge < -0.3 is 4.98 Å². The Morgan fingerprint density at radius 3 is 2.42 bits per heavy atom. The number of aromatic nitrogens is 1. The number of aromatic amines is 1. The molecule has 0 bridgehead atoms. The maximum atomic E-state index is 11.5. The number of fused-ring (bicyclic) bond motifs is 1. The monoisotopic (exact) mass is 348 g/mol. The molecule has 0 radical (unpaired) electrons. The topological polar surface area (TPSA) is 58.9 Å². The third-order valence-electron chi connectivity index (χ3n) is 5.67. The van der Waals surface area contributed by atoms with Gasteiger partial charge in [-0.2, -0.15) is 0 Å². The lowest BCUT2D eigenvalue weighted by atomic mass is 9.81.